The van der Waals surface area contributed by atoms with Gasteiger partial charge in [0, 0.05) is 19.3 Å². The number of rotatable bonds is 8. The molecule has 0 spiro atoms. The monoisotopic (exact) mass is 255 g/mol. The molecule has 2 N–H and O–H groups in total. The molecule has 18 heavy (non-hydrogen) atoms. The number of nitrogens with one attached hydrogen (secondary N) is 1. The predicted octanol–water partition coefficient (Wildman–Crippen LogP) is 0.546. The Morgan fingerprint density at radius 1 is 1.39 bits per heavy atom. The van der Waals surface area contributed by atoms with Gasteiger partial charge in [-0.3, -0.25) is 9.59 Å². The molecule has 0 radical (unpaired) electrons. The highest BCUT2D eigenvalue weighted by molar-refractivity contribution is 5.80. The first-order chi connectivity index (χ1) is 8.61. The molecule has 7 nitrogen and oxygen atoms in total. The number of carbonyl (C=O) groups excluding carboxylic acids is 1. The van der Waals surface area contributed by atoms with Gasteiger partial charge in [0.25, 0.3) is 0 Å². The third kappa shape index (κ3) is 5.42. The van der Waals surface area contributed by atoms with Gasteiger partial charge < -0.3 is 14.9 Å². The number of hydrogen-bond donors (Lipinski definition) is 2. The summed E-state index contributed by atoms with van der Waals surface area (Å²) in [4.78, 5) is 25.6. The lowest BCUT2D eigenvalue weighted by Gasteiger charge is -2.00. The van der Waals surface area contributed by atoms with Gasteiger partial charge in [0.2, 0.25) is 11.8 Å². The number of carboxylic acid groups (broad SMARTS) is 1. The highest BCUT2D eigenvalue weighted by Crippen LogP contribution is 2.04. The average Bonchev–Trinajstić information content (AvgIpc) is 2.75. The summed E-state index contributed by atoms with van der Waals surface area (Å²) in [5, 5.41) is 14.5. The minimum Gasteiger partial charge on any atom is -0.480 e. The van der Waals surface area contributed by atoms with Gasteiger partial charge in [0.15, 0.2) is 5.82 Å². The summed E-state index contributed by atoms with van der Waals surface area (Å²) in [6.07, 6.45) is 3.06. The second-order valence-corrected chi connectivity index (χ2v) is 3.88. The van der Waals surface area contributed by atoms with E-state index in [0.29, 0.717) is 24.6 Å². The normalized spacial score (nSPS) is 10.3. The molecule has 1 heterocycles. The second kappa shape index (κ2) is 7.41. The number of aromatic nitrogens is 2. The van der Waals surface area contributed by atoms with E-state index in [0.717, 1.165) is 12.8 Å². The third-order valence-corrected chi connectivity index (χ3v) is 2.22. The SMILES string of the molecule is CCCc1noc(CCCC(=O)NCC(=O)O)n1. The molecular formula is C11H17N3O4. The van der Waals surface area contributed by atoms with Crippen LogP contribution in [0.15, 0.2) is 4.52 Å². The van der Waals surface area contributed by atoms with Crippen molar-refractivity contribution in [2.75, 3.05) is 6.54 Å². The van der Waals surface area contributed by atoms with E-state index in [1.165, 1.54) is 0 Å². The Morgan fingerprint density at radius 3 is 2.83 bits per heavy atom. The van der Waals surface area contributed by atoms with E-state index in [1.54, 1.807) is 0 Å². The number of hydrogen-bond acceptors (Lipinski definition) is 5. The maximum absolute atomic E-state index is 11.2. The van der Waals surface area contributed by atoms with Crippen LogP contribution in [0.25, 0.3) is 0 Å². The lowest BCUT2D eigenvalue weighted by atomic mass is 10.2. The average molecular weight is 255 g/mol. The molecule has 0 unspecified atom stereocenters. The van der Waals surface area contributed by atoms with Gasteiger partial charge in [-0.15, -0.1) is 0 Å². The van der Waals surface area contributed by atoms with Crippen molar-refractivity contribution in [3.8, 4) is 0 Å². The molecule has 1 amide bonds. The molecule has 100 valence electrons. The second-order valence-electron chi connectivity index (χ2n) is 3.88. The summed E-state index contributed by atoms with van der Waals surface area (Å²) in [5.41, 5.74) is 0. The topological polar surface area (TPSA) is 105 Å². The molecule has 1 aromatic rings. The summed E-state index contributed by atoms with van der Waals surface area (Å²) >= 11 is 0. The van der Waals surface area contributed by atoms with Crippen LogP contribution in [0.2, 0.25) is 0 Å². The van der Waals surface area contributed by atoms with Crippen molar-refractivity contribution < 1.29 is 19.2 Å². The predicted molar refractivity (Wildman–Crippen MR) is 61.9 cm³/mol. The van der Waals surface area contributed by atoms with Crippen molar-refractivity contribution >= 4 is 11.9 Å². The highest BCUT2D eigenvalue weighted by atomic mass is 16.5. The molecular weight excluding hydrogens is 238 g/mol. The van der Waals surface area contributed by atoms with E-state index in [-0.39, 0.29) is 18.9 Å². The molecule has 0 saturated heterocycles. The molecule has 0 aliphatic rings. The highest BCUT2D eigenvalue weighted by Gasteiger charge is 2.07. The molecule has 7 heteroatoms. The van der Waals surface area contributed by atoms with Crippen molar-refractivity contribution in [1.82, 2.24) is 15.5 Å². The summed E-state index contributed by atoms with van der Waals surface area (Å²) in [6.45, 7) is 1.68. The van der Waals surface area contributed by atoms with Gasteiger partial charge >= 0.3 is 5.97 Å². The zero-order valence-corrected chi connectivity index (χ0v) is 10.3. The van der Waals surface area contributed by atoms with Gasteiger partial charge in [-0.25, -0.2) is 0 Å². The summed E-state index contributed by atoms with van der Waals surface area (Å²) < 4.78 is 5.01. The fourth-order valence-corrected chi connectivity index (χ4v) is 1.38. The molecule has 0 aliphatic carbocycles. The summed E-state index contributed by atoms with van der Waals surface area (Å²) in [5.74, 6) is -0.137. The Kier molecular flexibility index (Phi) is 5.83. The van der Waals surface area contributed by atoms with Gasteiger partial charge in [-0.2, -0.15) is 4.98 Å². The van der Waals surface area contributed by atoms with Crippen LogP contribution in [0.5, 0.6) is 0 Å². The van der Waals surface area contributed by atoms with Crippen LogP contribution in [0.3, 0.4) is 0 Å². The maximum Gasteiger partial charge on any atom is 0.322 e. The fourth-order valence-electron chi connectivity index (χ4n) is 1.38. The summed E-state index contributed by atoms with van der Waals surface area (Å²) in [7, 11) is 0. The molecule has 0 aromatic carbocycles. The summed E-state index contributed by atoms with van der Waals surface area (Å²) in [6, 6.07) is 0. The van der Waals surface area contributed by atoms with Crippen LogP contribution in [0.1, 0.15) is 37.9 Å². The molecule has 0 saturated carbocycles. The Hall–Kier alpha value is -1.92. The number of carbonyl (C=O) groups is 2. The first kappa shape index (κ1) is 14.1. The number of carboxylic acids is 1. The van der Waals surface area contributed by atoms with E-state index in [9.17, 15) is 9.59 Å². The molecule has 0 fully saturated rings. The number of aliphatic carboxylic acids is 1. The van der Waals surface area contributed by atoms with Crippen LogP contribution in [-0.4, -0.2) is 33.7 Å². The molecule has 1 aromatic heterocycles. The van der Waals surface area contributed by atoms with E-state index in [1.807, 2.05) is 6.92 Å². The van der Waals surface area contributed by atoms with Crippen molar-refractivity contribution in [2.24, 2.45) is 0 Å². The van der Waals surface area contributed by atoms with Crippen molar-refractivity contribution in [3.05, 3.63) is 11.7 Å². The largest absolute Gasteiger partial charge is 0.480 e. The lowest BCUT2D eigenvalue weighted by molar-refractivity contribution is -0.137. The minimum atomic E-state index is -1.05. The van der Waals surface area contributed by atoms with E-state index >= 15 is 0 Å². The molecule has 0 bridgehead atoms. The van der Waals surface area contributed by atoms with E-state index < -0.39 is 5.97 Å². The van der Waals surface area contributed by atoms with E-state index in [4.69, 9.17) is 9.63 Å². The third-order valence-electron chi connectivity index (χ3n) is 2.22. The standard InChI is InChI=1S/C11H17N3O4/c1-2-4-8-13-10(18-14-8)6-3-5-9(15)12-7-11(16)17/h2-7H2,1H3,(H,12,15)(H,16,17). The zero-order chi connectivity index (χ0) is 13.4. The van der Waals surface area contributed by atoms with Crippen LogP contribution < -0.4 is 5.32 Å². The van der Waals surface area contributed by atoms with E-state index in [2.05, 4.69) is 15.5 Å². The number of amides is 1. The Bertz CT molecular complexity index is 403. The van der Waals surface area contributed by atoms with Crippen LogP contribution in [0, 0.1) is 0 Å². The van der Waals surface area contributed by atoms with Crippen LogP contribution in [-0.2, 0) is 22.4 Å². The van der Waals surface area contributed by atoms with Crippen LogP contribution >= 0.6 is 0 Å². The van der Waals surface area contributed by atoms with Gasteiger partial charge in [-0.05, 0) is 12.8 Å². The van der Waals surface area contributed by atoms with Gasteiger partial charge in [0.05, 0.1) is 0 Å². The first-order valence-corrected chi connectivity index (χ1v) is 5.91. The smallest absolute Gasteiger partial charge is 0.322 e. The quantitative estimate of drug-likeness (QED) is 0.702. The molecule has 1 rings (SSSR count). The van der Waals surface area contributed by atoms with Gasteiger partial charge in [-0.1, -0.05) is 12.1 Å². The fraction of sp³-hybridized carbons (Fsp3) is 0.636. The number of aryl methyl sites for hydroxylation is 2. The Morgan fingerprint density at radius 2 is 2.17 bits per heavy atom. The zero-order valence-electron chi connectivity index (χ0n) is 10.3. The molecule has 0 atom stereocenters. The Balaban J connectivity index is 2.20. The molecule has 0 aliphatic heterocycles. The minimum absolute atomic E-state index is 0.249. The van der Waals surface area contributed by atoms with Crippen LogP contribution in [0.4, 0.5) is 0 Å². The Labute approximate surface area is 105 Å². The number of nitrogens with zero attached hydrogens (tertiary/aromatic N) is 2. The maximum atomic E-state index is 11.2. The lowest BCUT2D eigenvalue weighted by Crippen LogP contribution is -2.28. The van der Waals surface area contributed by atoms with Crippen molar-refractivity contribution in [1.29, 1.82) is 0 Å². The van der Waals surface area contributed by atoms with Crippen molar-refractivity contribution in [2.45, 2.75) is 39.0 Å². The first-order valence-electron chi connectivity index (χ1n) is 5.91. The van der Waals surface area contributed by atoms with Crippen molar-refractivity contribution in [3.63, 3.8) is 0 Å². The van der Waals surface area contributed by atoms with Gasteiger partial charge in [0.1, 0.15) is 6.54 Å².